The molecule has 0 aromatic heterocycles. The first kappa shape index (κ1) is 92.5. The minimum Gasteiger partial charge on any atom is -0.456 e. The van der Waals surface area contributed by atoms with E-state index < -0.39 is 0 Å². The van der Waals surface area contributed by atoms with Gasteiger partial charge in [-0.3, -0.25) is 0 Å². The summed E-state index contributed by atoms with van der Waals surface area (Å²) in [4.78, 5) is 70.1. The second kappa shape index (κ2) is 48.5. The summed E-state index contributed by atoms with van der Waals surface area (Å²) in [5.74, 6) is 1.30. The molecule has 8 aliphatic carbocycles. The number of esters is 6. The van der Waals surface area contributed by atoms with Crippen LogP contribution < -0.4 is 0 Å². The molecule has 8 fully saturated rings. The van der Waals surface area contributed by atoms with Crippen LogP contribution in [0.15, 0.2) is 73.4 Å². The Kier molecular flexibility index (Phi) is 43.6. The van der Waals surface area contributed by atoms with Crippen LogP contribution >= 0.6 is 0 Å². The molecule has 0 unspecified atom stereocenters. The number of hydrogen-bond donors (Lipinski definition) is 0. The molecule has 0 radical (unpaired) electrons. The first-order valence-corrected chi connectivity index (χ1v) is 42.0. The maximum atomic E-state index is 12.1. The molecule has 590 valence electrons. The molecule has 12 heteroatoms. The van der Waals surface area contributed by atoms with E-state index in [1.807, 2.05) is 20.8 Å². The van der Waals surface area contributed by atoms with Gasteiger partial charge in [-0.1, -0.05) is 219 Å². The summed E-state index contributed by atoms with van der Waals surface area (Å²) in [7, 11) is 0. The van der Waals surface area contributed by atoms with Gasteiger partial charge >= 0.3 is 35.8 Å². The van der Waals surface area contributed by atoms with Crippen LogP contribution in [0.3, 0.4) is 0 Å². The van der Waals surface area contributed by atoms with Crippen molar-refractivity contribution >= 4 is 35.8 Å². The lowest BCUT2D eigenvalue weighted by atomic mass is 9.67. The molecule has 0 saturated heterocycles. The molecule has 0 aliphatic heterocycles. The highest BCUT2D eigenvalue weighted by molar-refractivity contribution is 5.89. The SMILES string of the molecule is C=C(C)C(=O)OC(C)(C)C1CCCCC1.C=C(C)C(=O)OC(C)(C1CCCCC1)C1CCCCC1.C=C(C)C(=O)OC1(C)CCCCC1.C=C(C)C(=O)OC1(C)CCCCCCCCC1.C=C(C)C(=O)OC1(C)CCCCCCCCCCC1.C=CC(=O)OC(C)(C1CCCCC1)C1CCCCC1. The second-order valence-corrected chi connectivity index (χ2v) is 34.7. The average molecular weight is 1440 g/mol. The topological polar surface area (TPSA) is 158 Å². The quantitative estimate of drug-likeness (QED) is 0.0772. The van der Waals surface area contributed by atoms with Gasteiger partial charge in [-0.05, 0) is 254 Å². The first-order valence-electron chi connectivity index (χ1n) is 42.0. The van der Waals surface area contributed by atoms with E-state index in [0.29, 0.717) is 57.5 Å². The molecule has 0 bridgehead atoms. The lowest BCUT2D eigenvalue weighted by Crippen LogP contribution is -2.48. The van der Waals surface area contributed by atoms with Crippen molar-refractivity contribution in [3.05, 3.63) is 73.4 Å². The van der Waals surface area contributed by atoms with E-state index in [2.05, 4.69) is 67.2 Å². The van der Waals surface area contributed by atoms with Crippen molar-refractivity contribution in [1.29, 1.82) is 0 Å². The normalized spacial score (nSPS) is 21.5. The molecule has 0 heterocycles. The Morgan fingerprint density at radius 2 is 0.466 bits per heavy atom. The Balaban J connectivity index is 0.000000323. The minimum absolute atomic E-state index is 0.191. The molecule has 8 aliphatic rings. The van der Waals surface area contributed by atoms with Crippen LogP contribution in [0.25, 0.3) is 0 Å². The molecule has 0 aromatic carbocycles. The third-order valence-electron chi connectivity index (χ3n) is 24.4. The Labute approximate surface area is 630 Å². The van der Waals surface area contributed by atoms with Crippen molar-refractivity contribution in [1.82, 2.24) is 0 Å². The Bertz CT molecular complexity index is 2530. The molecule has 0 atom stereocenters. The van der Waals surface area contributed by atoms with Crippen molar-refractivity contribution in [2.24, 2.45) is 29.6 Å². The largest absolute Gasteiger partial charge is 0.456 e. The van der Waals surface area contributed by atoms with Gasteiger partial charge in [-0.15, -0.1) is 0 Å². The summed E-state index contributed by atoms with van der Waals surface area (Å²) in [5, 5.41) is 0. The van der Waals surface area contributed by atoms with Gasteiger partial charge in [0, 0.05) is 33.9 Å². The summed E-state index contributed by atoms with van der Waals surface area (Å²) >= 11 is 0. The summed E-state index contributed by atoms with van der Waals surface area (Å²) in [5.41, 5.74) is 0.875. The number of ether oxygens (including phenoxy) is 6. The zero-order chi connectivity index (χ0) is 76.5. The Morgan fingerprint density at radius 3 is 0.689 bits per heavy atom. The summed E-state index contributed by atoms with van der Waals surface area (Å²) in [6, 6.07) is 0. The molecule has 8 rings (SSSR count). The maximum Gasteiger partial charge on any atom is 0.333 e. The predicted octanol–water partition coefficient (Wildman–Crippen LogP) is 25.5. The van der Waals surface area contributed by atoms with E-state index >= 15 is 0 Å². The van der Waals surface area contributed by atoms with Crippen molar-refractivity contribution < 1.29 is 57.2 Å². The zero-order valence-corrected chi connectivity index (χ0v) is 68.5. The fraction of sp³-hybridized carbons (Fsp3) is 0.802. The van der Waals surface area contributed by atoms with Crippen LogP contribution in [0.2, 0.25) is 0 Å². The third kappa shape index (κ3) is 35.7. The fourth-order valence-electron chi connectivity index (χ4n) is 17.4. The van der Waals surface area contributed by atoms with Crippen molar-refractivity contribution in [2.45, 2.75) is 438 Å². The van der Waals surface area contributed by atoms with Crippen molar-refractivity contribution in [3.63, 3.8) is 0 Å². The first-order chi connectivity index (χ1) is 48.7. The van der Waals surface area contributed by atoms with E-state index in [1.165, 1.54) is 289 Å². The van der Waals surface area contributed by atoms with Crippen LogP contribution in [0.4, 0.5) is 0 Å². The van der Waals surface area contributed by atoms with Crippen LogP contribution in [-0.2, 0) is 57.2 Å². The van der Waals surface area contributed by atoms with Crippen molar-refractivity contribution in [3.8, 4) is 0 Å². The van der Waals surface area contributed by atoms with E-state index in [1.54, 1.807) is 34.6 Å². The molecular formula is C91H154O12. The number of hydrogen-bond acceptors (Lipinski definition) is 12. The highest BCUT2D eigenvalue weighted by Crippen LogP contribution is 2.47. The molecule has 0 amide bonds. The lowest BCUT2D eigenvalue weighted by molar-refractivity contribution is -0.172. The van der Waals surface area contributed by atoms with Gasteiger partial charge in [0.1, 0.15) is 33.6 Å². The number of rotatable bonds is 17. The fourth-order valence-corrected chi connectivity index (χ4v) is 17.4. The molecule has 0 aromatic rings. The van der Waals surface area contributed by atoms with E-state index in [0.717, 1.165) is 38.5 Å². The van der Waals surface area contributed by atoms with Crippen LogP contribution in [0.5, 0.6) is 0 Å². The highest BCUT2D eigenvalue weighted by atomic mass is 16.6. The standard InChI is InChI=1S/C18H30O2.C17H28O2.C17H30O2.C15H26O2.C13H22O2.C11H18O2/c1-14(2)17(19)20-18(3,15-10-6-4-7-11-15)16-12-8-5-9-13-16;1-3-16(18)19-17(2,14-10-6-4-7-11-14)15-12-8-5-9-13-15;1-15(2)16(18)19-17(3)13-11-9-7-5-4-6-8-10-12-14-17;1-13(2)14(16)17-15(3)11-9-7-5-4-6-8-10-12-15;1-10(2)12(14)15-13(3,4)11-8-6-5-7-9-11;1-9(2)10(12)13-11(3)7-5-4-6-8-11/h15-16H,1,4-13H2,2-3H3;3,14-15H,1,4-13H2,2H3;1,4-14H2,2-3H3;1,4-12H2,2-3H3;11H,1,5-9H2,2-4H3;1,4-8H2,2-3H3. The third-order valence-corrected chi connectivity index (χ3v) is 24.4. The van der Waals surface area contributed by atoms with Gasteiger partial charge in [0.25, 0.3) is 0 Å². The van der Waals surface area contributed by atoms with Gasteiger partial charge in [0.2, 0.25) is 0 Å². The lowest BCUT2D eigenvalue weighted by Gasteiger charge is -2.46. The molecule has 0 spiro atoms. The van der Waals surface area contributed by atoms with Gasteiger partial charge in [0.15, 0.2) is 0 Å². The predicted molar refractivity (Wildman–Crippen MR) is 425 cm³/mol. The van der Waals surface area contributed by atoms with Crippen LogP contribution in [0, 0.1) is 29.6 Å². The zero-order valence-electron chi connectivity index (χ0n) is 68.5. The number of carbonyl (C=O) groups excluding carboxylic acids is 6. The molecule has 103 heavy (non-hydrogen) atoms. The van der Waals surface area contributed by atoms with Crippen molar-refractivity contribution in [2.75, 3.05) is 0 Å². The Hall–Kier alpha value is -4.74. The van der Waals surface area contributed by atoms with Crippen LogP contribution in [-0.4, -0.2) is 69.4 Å². The molecule has 0 N–H and O–H groups in total. The maximum absolute atomic E-state index is 12.1. The van der Waals surface area contributed by atoms with Gasteiger partial charge in [0.05, 0.1) is 0 Å². The van der Waals surface area contributed by atoms with E-state index in [-0.39, 0.29) is 69.4 Å². The molecule has 12 nitrogen and oxygen atoms in total. The molecular weight excluding hydrogens is 1280 g/mol. The number of carbonyl (C=O) groups is 6. The minimum atomic E-state index is -0.337. The second-order valence-electron chi connectivity index (χ2n) is 34.7. The van der Waals surface area contributed by atoms with E-state index in [4.69, 9.17) is 28.4 Å². The van der Waals surface area contributed by atoms with E-state index in [9.17, 15) is 28.8 Å². The average Bonchev–Trinajstić information content (AvgIpc) is 0.799. The molecule has 8 saturated carbocycles. The summed E-state index contributed by atoms with van der Waals surface area (Å²) < 4.78 is 34.2. The highest BCUT2D eigenvalue weighted by Gasteiger charge is 2.47. The van der Waals surface area contributed by atoms with Gasteiger partial charge in [-0.25, -0.2) is 28.8 Å². The summed E-state index contributed by atoms with van der Waals surface area (Å²) in [6.45, 7) is 45.0. The van der Waals surface area contributed by atoms with Gasteiger partial charge in [-0.2, -0.15) is 0 Å². The van der Waals surface area contributed by atoms with Gasteiger partial charge < -0.3 is 28.4 Å². The Morgan fingerprint density at radius 1 is 0.282 bits per heavy atom. The van der Waals surface area contributed by atoms with Crippen LogP contribution in [0.1, 0.15) is 404 Å². The smallest absolute Gasteiger partial charge is 0.333 e. The summed E-state index contributed by atoms with van der Waals surface area (Å²) in [6.07, 6.45) is 63.0. The monoisotopic (exact) mass is 1440 g/mol.